The quantitative estimate of drug-likeness (QED) is 0.623. The molecule has 0 saturated carbocycles. The molecule has 0 atom stereocenters. The van der Waals surface area contributed by atoms with Gasteiger partial charge in [-0.15, -0.1) is 0 Å². The van der Waals surface area contributed by atoms with Crippen molar-refractivity contribution in [3.05, 3.63) is 41.8 Å². The Balaban J connectivity index is 1.47. The van der Waals surface area contributed by atoms with Gasteiger partial charge in [-0.3, -0.25) is 14.6 Å². The lowest BCUT2D eigenvalue weighted by atomic mass is 10.2. The number of benzene rings is 1. The van der Waals surface area contributed by atoms with E-state index >= 15 is 0 Å². The average molecular weight is 450 g/mol. The van der Waals surface area contributed by atoms with Gasteiger partial charge < -0.3 is 9.84 Å². The van der Waals surface area contributed by atoms with Crippen molar-refractivity contribution in [1.82, 2.24) is 19.3 Å². The Kier molecular flexibility index (Phi) is 7.82. The van der Waals surface area contributed by atoms with Crippen molar-refractivity contribution in [3.8, 4) is 0 Å². The van der Waals surface area contributed by atoms with Crippen molar-refractivity contribution >= 4 is 21.6 Å². The van der Waals surface area contributed by atoms with Crippen molar-refractivity contribution in [1.29, 1.82) is 0 Å². The van der Waals surface area contributed by atoms with Crippen LogP contribution in [0.2, 0.25) is 0 Å². The molecule has 1 aromatic heterocycles. The molecule has 1 fully saturated rings. The first-order valence-electron chi connectivity index (χ1n) is 10.6. The summed E-state index contributed by atoms with van der Waals surface area (Å²) in [7, 11) is -3.50. The Labute approximate surface area is 184 Å². The highest BCUT2D eigenvalue weighted by molar-refractivity contribution is 7.89. The fraction of sp³-hybridized carbons (Fsp3) is 0.524. The smallest absolute Gasteiger partial charge is 0.243 e. The Hall–Kier alpha value is -2.27. The summed E-state index contributed by atoms with van der Waals surface area (Å²) in [5.41, 5.74) is 1.51. The molecule has 10 heteroatoms. The van der Waals surface area contributed by atoms with Gasteiger partial charge in [-0.1, -0.05) is 19.0 Å². The van der Waals surface area contributed by atoms with E-state index in [1.807, 2.05) is 26.8 Å². The van der Waals surface area contributed by atoms with Crippen molar-refractivity contribution in [2.45, 2.75) is 32.2 Å². The molecule has 1 aliphatic heterocycles. The van der Waals surface area contributed by atoms with Crippen molar-refractivity contribution in [2.75, 3.05) is 51.1 Å². The first-order chi connectivity index (χ1) is 14.8. The first-order valence-corrected chi connectivity index (χ1v) is 12.0. The predicted molar refractivity (Wildman–Crippen MR) is 118 cm³/mol. The van der Waals surface area contributed by atoms with Gasteiger partial charge in [0.15, 0.2) is 0 Å². The van der Waals surface area contributed by atoms with Gasteiger partial charge in [-0.05, 0) is 31.2 Å². The highest BCUT2D eigenvalue weighted by atomic mass is 32.2. The lowest BCUT2D eigenvalue weighted by Crippen LogP contribution is -2.48. The van der Waals surface area contributed by atoms with Crippen LogP contribution in [0.4, 0.5) is 5.69 Å². The fourth-order valence-corrected chi connectivity index (χ4v) is 5.11. The van der Waals surface area contributed by atoms with Crippen LogP contribution in [0.5, 0.6) is 0 Å². The van der Waals surface area contributed by atoms with E-state index in [-0.39, 0.29) is 10.8 Å². The maximum absolute atomic E-state index is 12.6. The molecule has 170 valence electrons. The third-order valence-corrected chi connectivity index (χ3v) is 7.44. The number of aromatic nitrogens is 1. The lowest BCUT2D eigenvalue weighted by molar-refractivity contribution is -0.117. The number of anilines is 1. The molecule has 2 heterocycles. The highest BCUT2D eigenvalue weighted by Crippen LogP contribution is 2.18. The topological polar surface area (TPSA) is 99.0 Å². The second-order valence-electron chi connectivity index (χ2n) is 7.64. The summed E-state index contributed by atoms with van der Waals surface area (Å²) in [6.07, 6.45) is 0. The van der Waals surface area contributed by atoms with E-state index in [1.165, 1.54) is 16.4 Å². The van der Waals surface area contributed by atoms with Crippen LogP contribution in [0.3, 0.4) is 0 Å². The molecule has 0 aliphatic carbocycles. The zero-order valence-corrected chi connectivity index (χ0v) is 19.2. The maximum Gasteiger partial charge on any atom is 0.243 e. The molecule has 0 radical (unpaired) electrons. The minimum Gasteiger partial charge on any atom is -0.361 e. The molecule has 1 N–H and O–H groups in total. The first kappa shape index (κ1) is 23.4. The summed E-state index contributed by atoms with van der Waals surface area (Å²) >= 11 is 0. The zero-order valence-electron chi connectivity index (χ0n) is 18.4. The molecule has 0 spiro atoms. The van der Waals surface area contributed by atoms with Crippen LogP contribution in [-0.2, 0) is 21.4 Å². The van der Waals surface area contributed by atoms with Gasteiger partial charge in [0.1, 0.15) is 5.76 Å². The molecule has 1 amide bonds. The normalized spacial score (nSPS) is 16.0. The maximum atomic E-state index is 12.6. The van der Waals surface area contributed by atoms with Gasteiger partial charge in [-0.25, -0.2) is 8.42 Å². The molecule has 31 heavy (non-hydrogen) atoms. The minimum atomic E-state index is -3.50. The molecule has 1 saturated heterocycles. The Morgan fingerprint density at radius 3 is 2.26 bits per heavy atom. The number of rotatable bonds is 9. The molecular formula is C21H31N5O4S. The lowest BCUT2D eigenvalue weighted by Gasteiger charge is -2.33. The molecule has 1 aromatic carbocycles. The summed E-state index contributed by atoms with van der Waals surface area (Å²) in [6.45, 7) is 10.7. The number of nitrogens with zero attached hydrogens (tertiary/aromatic N) is 4. The Bertz CT molecular complexity index is 962. The van der Waals surface area contributed by atoms with Crippen LogP contribution in [0.1, 0.15) is 25.3 Å². The zero-order chi connectivity index (χ0) is 22.4. The van der Waals surface area contributed by atoms with Gasteiger partial charge >= 0.3 is 0 Å². The summed E-state index contributed by atoms with van der Waals surface area (Å²) in [6, 6.07) is 8.28. The molecule has 0 bridgehead atoms. The van der Waals surface area contributed by atoms with Gasteiger partial charge in [0.2, 0.25) is 15.9 Å². The van der Waals surface area contributed by atoms with Crippen LogP contribution >= 0.6 is 0 Å². The summed E-state index contributed by atoms with van der Waals surface area (Å²) in [5.74, 6) is 0.698. The molecule has 0 unspecified atom stereocenters. The minimum absolute atomic E-state index is 0.111. The van der Waals surface area contributed by atoms with Crippen molar-refractivity contribution < 1.29 is 17.7 Å². The average Bonchev–Trinajstić information content (AvgIpc) is 3.15. The fourth-order valence-electron chi connectivity index (χ4n) is 3.65. The van der Waals surface area contributed by atoms with E-state index in [4.69, 9.17) is 4.52 Å². The number of hydrogen-bond donors (Lipinski definition) is 1. The number of carbonyl (C=O) groups is 1. The Morgan fingerprint density at radius 2 is 1.71 bits per heavy atom. The number of aryl methyl sites for hydroxylation is 1. The number of hydrogen-bond acceptors (Lipinski definition) is 7. The third-order valence-electron chi connectivity index (χ3n) is 5.38. The molecule has 9 nitrogen and oxygen atoms in total. The van der Waals surface area contributed by atoms with Crippen LogP contribution in [-0.4, -0.2) is 79.4 Å². The number of amides is 1. The predicted octanol–water partition coefficient (Wildman–Crippen LogP) is 1.77. The second kappa shape index (κ2) is 10.4. The highest BCUT2D eigenvalue weighted by Gasteiger charge is 2.22. The molecule has 2 aromatic rings. The van der Waals surface area contributed by atoms with E-state index in [0.29, 0.717) is 25.3 Å². The van der Waals surface area contributed by atoms with Gasteiger partial charge in [0, 0.05) is 57.6 Å². The molecule has 3 rings (SSSR count). The van der Waals surface area contributed by atoms with E-state index < -0.39 is 10.0 Å². The van der Waals surface area contributed by atoms with Crippen LogP contribution in [0, 0.1) is 6.92 Å². The number of carbonyl (C=O) groups excluding carboxylic acids is 1. The van der Waals surface area contributed by atoms with Crippen LogP contribution in [0.25, 0.3) is 0 Å². The molecule has 1 aliphatic rings. The Morgan fingerprint density at radius 1 is 1.10 bits per heavy atom. The van der Waals surface area contributed by atoms with Gasteiger partial charge in [0.05, 0.1) is 17.1 Å². The second-order valence-corrected chi connectivity index (χ2v) is 9.58. The van der Waals surface area contributed by atoms with Crippen LogP contribution < -0.4 is 5.32 Å². The van der Waals surface area contributed by atoms with Crippen LogP contribution in [0.15, 0.2) is 39.8 Å². The number of nitrogens with one attached hydrogen (secondary N) is 1. The summed E-state index contributed by atoms with van der Waals surface area (Å²) in [5, 5.41) is 6.88. The van der Waals surface area contributed by atoms with Crippen molar-refractivity contribution in [2.24, 2.45) is 0 Å². The van der Waals surface area contributed by atoms with Gasteiger partial charge in [0.25, 0.3) is 0 Å². The van der Waals surface area contributed by atoms with E-state index in [2.05, 4.69) is 20.3 Å². The van der Waals surface area contributed by atoms with E-state index in [9.17, 15) is 13.2 Å². The number of piperazine rings is 1. The third kappa shape index (κ3) is 6.13. The van der Waals surface area contributed by atoms with Gasteiger partial charge in [-0.2, -0.15) is 4.31 Å². The summed E-state index contributed by atoms with van der Waals surface area (Å²) in [4.78, 5) is 17.1. The largest absolute Gasteiger partial charge is 0.361 e. The van der Waals surface area contributed by atoms with E-state index in [1.54, 1.807) is 12.1 Å². The van der Waals surface area contributed by atoms with Crippen molar-refractivity contribution in [3.63, 3.8) is 0 Å². The SMILES string of the molecule is CCN(CC)S(=O)(=O)c1ccc(NC(=O)CN2CCN(Cc3cc(C)on3)CC2)cc1. The standard InChI is InChI=1S/C21H31N5O4S/c1-4-26(5-2)31(28,29)20-8-6-18(7-9-20)22-21(27)16-25-12-10-24(11-13-25)15-19-14-17(3)30-23-19/h6-9,14H,4-5,10-13,15-16H2,1-3H3,(H,22,27). The summed E-state index contributed by atoms with van der Waals surface area (Å²) < 4.78 is 31.6. The molecular weight excluding hydrogens is 418 g/mol. The van der Waals surface area contributed by atoms with E-state index in [0.717, 1.165) is 44.2 Å². The number of sulfonamides is 1. The monoisotopic (exact) mass is 449 g/mol.